The van der Waals surface area contributed by atoms with E-state index in [4.69, 9.17) is 14.4 Å². The Balaban J connectivity index is 1.17. The number of aromatic nitrogens is 4. The molecule has 12 rings (SSSR count). The number of rotatable bonds is 5. The molecule has 0 aliphatic carbocycles. The molecule has 0 saturated carbocycles. The molecule has 5 heteroatoms. The minimum Gasteiger partial charge on any atom is -0.455 e. The van der Waals surface area contributed by atoms with Gasteiger partial charge in [-0.2, -0.15) is 0 Å². The van der Waals surface area contributed by atoms with Crippen LogP contribution >= 0.6 is 0 Å². The van der Waals surface area contributed by atoms with E-state index in [0.29, 0.717) is 5.82 Å². The maximum absolute atomic E-state index is 6.80. The van der Waals surface area contributed by atoms with E-state index in [-0.39, 0.29) is 0 Å². The van der Waals surface area contributed by atoms with Gasteiger partial charge in [-0.15, -0.1) is 0 Å². The average molecular weight is 729 g/mol. The first kappa shape index (κ1) is 31.6. The Kier molecular flexibility index (Phi) is 6.86. The molecule has 0 unspecified atom stereocenters. The van der Waals surface area contributed by atoms with Gasteiger partial charge in [0.05, 0.1) is 33.1 Å². The number of hydrogen-bond acceptors (Lipinski definition) is 3. The van der Waals surface area contributed by atoms with Crippen LogP contribution in [0.3, 0.4) is 0 Å². The van der Waals surface area contributed by atoms with Crippen molar-refractivity contribution in [2.24, 2.45) is 0 Å². The molecule has 4 aromatic heterocycles. The normalized spacial score (nSPS) is 11.9. The summed E-state index contributed by atoms with van der Waals surface area (Å²) in [6.07, 6.45) is 0. The summed E-state index contributed by atoms with van der Waals surface area (Å²) in [6.45, 7) is 0. The lowest BCUT2D eigenvalue weighted by Crippen LogP contribution is -2.03. The number of furan rings is 1. The van der Waals surface area contributed by atoms with E-state index in [1.807, 2.05) is 30.3 Å². The van der Waals surface area contributed by atoms with Crippen LogP contribution in [0.1, 0.15) is 0 Å². The van der Waals surface area contributed by atoms with E-state index in [9.17, 15) is 0 Å². The lowest BCUT2D eigenvalue weighted by molar-refractivity contribution is 0.673. The molecule has 0 saturated heterocycles. The Bertz CT molecular complexity index is 3390. The first-order valence-electron chi connectivity index (χ1n) is 19.3. The van der Waals surface area contributed by atoms with Gasteiger partial charge in [0.15, 0.2) is 5.82 Å². The third-order valence-corrected chi connectivity index (χ3v) is 11.3. The van der Waals surface area contributed by atoms with Crippen LogP contribution in [0.2, 0.25) is 0 Å². The van der Waals surface area contributed by atoms with Crippen LogP contribution < -0.4 is 0 Å². The van der Waals surface area contributed by atoms with Gasteiger partial charge >= 0.3 is 0 Å². The fourth-order valence-corrected chi connectivity index (χ4v) is 8.80. The molecule has 266 valence electrons. The molecule has 4 heterocycles. The van der Waals surface area contributed by atoms with Crippen LogP contribution in [0.4, 0.5) is 0 Å². The average Bonchev–Trinajstić information content (AvgIpc) is 3.95. The summed E-state index contributed by atoms with van der Waals surface area (Å²) < 4.78 is 11.5. The standard InChI is InChI=1S/C52H32N4O/c1-3-15-34(16-4-1)43-32-48(54-52(53-43)35-17-5-2-6-18-35)56-46-25-13-9-22-40(46)49-50(56)41(31-42-39-21-10-14-26-47(39)57-51(42)49)33-27-29-36(30-28-33)55-44-23-11-7-19-37(44)38-20-8-12-24-45(38)55/h1-32H. The summed E-state index contributed by atoms with van der Waals surface area (Å²) in [4.78, 5) is 10.5. The smallest absolute Gasteiger partial charge is 0.162 e. The van der Waals surface area contributed by atoms with Crippen LogP contribution in [-0.2, 0) is 0 Å². The molecule has 0 N–H and O–H groups in total. The fourth-order valence-electron chi connectivity index (χ4n) is 8.80. The van der Waals surface area contributed by atoms with Crippen molar-refractivity contribution in [2.45, 2.75) is 0 Å². The second kappa shape index (κ2) is 12.4. The number of para-hydroxylation sites is 4. The van der Waals surface area contributed by atoms with Crippen molar-refractivity contribution < 1.29 is 4.42 Å². The molecule has 12 aromatic rings. The van der Waals surface area contributed by atoms with Crippen molar-refractivity contribution in [3.63, 3.8) is 0 Å². The first-order chi connectivity index (χ1) is 28.3. The van der Waals surface area contributed by atoms with Crippen LogP contribution in [0.15, 0.2) is 199 Å². The quantitative estimate of drug-likeness (QED) is 0.177. The third kappa shape index (κ3) is 4.82. The highest BCUT2D eigenvalue weighted by Crippen LogP contribution is 2.46. The zero-order valence-electron chi connectivity index (χ0n) is 30.7. The monoisotopic (exact) mass is 728 g/mol. The summed E-state index contributed by atoms with van der Waals surface area (Å²) in [5.41, 5.74) is 12.3. The summed E-state index contributed by atoms with van der Waals surface area (Å²) >= 11 is 0. The van der Waals surface area contributed by atoms with Gasteiger partial charge in [0, 0.05) is 55.4 Å². The van der Waals surface area contributed by atoms with Crippen LogP contribution in [-0.4, -0.2) is 19.1 Å². The van der Waals surface area contributed by atoms with Gasteiger partial charge in [0.25, 0.3) is 0 Å². The van der Waals surface area contributed by atoms with E-state index in [2.05, 4.69) is 173 Å². The SMILES string of the molecule is c1ccc(-c2cc(-n3c4ccccc4c4c5oc6ccccc6c5cc(-c5ccc(-n6c7ccccc7c7ccccc76)cc5)c43)nc(-c3ccccc3)n2)cc1. The van der Waals surface area contributed by atoms with Crippen molar-refractivity contribution in [1.82, 2.24) is 19.1 Å². The molecule has 0 fully saturated rings. The van der Waals surface area contributed by atoms with Gasteiger partial charge in [-0.1, -0.05) is 146 Å². The summed E-state index contributed by atoms with van der Waals surface area (Å²) in [5.74, 6) is 1.45. The second-order valence-corrected chi connectivity index (χ2v) is 14.6. The van der Waals surface area contributed by atoms with E-state index in [1.165, 1.54) is 21.8 Å². The van der Waals surface area contributed by atoms with E-state index >= 15 is 0 Å². The van der Waals surface area contributed by atoms with Crippen LogP contribution in [0.5, 0.6) is 0 Å². The topological polar surface area (TPSA) is 48.8 Å². The molecule has 0 aliphatic rings. The second-order valence-electron chi connectivity index (χ2n) is 14.6. The maximum atomic E-state index is 6.80. The lowest BCUT2D eigenvalue weighted by Gasteiger charge is -2.15. The third-order valence-electron chi connectivity index (χ3n) is 11.3. The molecule has 0 radical (unpaired) electrons. The first-order valence-corrected chi connectivity index (χ1v) is 19.3. The Morgan fingerprint density at radius 1 is 0.404 bits per heavy atom. The Morgan fingerprint density at radius 2 is 0.965 bits per heavy atom. The number of nitrogens with zero attached hydrogens (tertiary/aromatic N) is 4. The molecule has 0 spiro atoms. The largest absolute Gasteiger partial charge is 0.455 e. The minimum atomic E-state index is 0.666. The zero-order valence-corrected chi connectivity index (χ0v) is 30.7. The van der Waals surface area contributed by atoms with E-state index in [0.717, 1.165) is 83.2 Å². The summed E-state index contributed by atoms with van der Waals surface area (Å²) in [5, 5.41) is 6.82. The fraction of sp³-hybridized carbons (Fsp3) is 0. The van der Waals surface area contributed by atoms with E-state index < -0.39 is 0 Å². The molecular weight excluding hydrogens is 697 g/mol. The molecule has 5 nitrogen and oxygen atoms in total. The van der Waals surface area contributed by atoms with Crippen molar-refractivity contribution in [3.8, 4) is 45.3 Å². The molecule has 0 amide bonds. The minimum absolute atomic E-state index is 0.666. The molecule has 0 atom stereocenters. The van der Waals surface area contributed by atoms with Crippen molar-refractivity contribution >= 4 is 65.6 Å². The number of benzene rings is 8. The lowest BCUT2D eigenvalue weighted by atomic mass is 9.98. The Labute approximate surface area is 327 Å². The highest BCUT2D eigenvalue weighted by molar-refractivity contribution is 6.27. The van der Waals surface area contributed by atoms with Crippen molar-refractivity contribution in [3.05, 3.63) is 194 Å². The molecule has 0 aliphatic heterocycles. The maximum Gasteiger partial charge on any atom is 0.162 e. The predicted molar refractivity (Wildman–Crippen MR) is 234 cm³/mol. The van der Waals surface area contributed by atoms with Crippen LogP contribution in [0.25, 0.3) is 111 Å². The van der Waals surface area contributed by atoms with Crippen molar-refractivity contribution in [1.29, 1.82) is 0 Å². The Morgan fingerprint density at radius 3 is 1.65 bits per heavy atom. The predicted octanol–water partition coefficient (Wildman–Crippen LogP) is 13.6. The molecule has 57 heavy (non-hydrogen) atoms. The highest BCUT2D eigenvalue weighted by atomic mass is 16.3. The molecule has 8 aromatic carbocycles. The molecular formula is C52H32N4O. The van der Waals surface area contributed by atoms with Gasteiger partial charge < -0.3 is 8.98 Å². The zero-order chi connectivity index (χ0) is 37.5. The number of hydrogen-bond donors (Lipinski definition) is 0. The van der Waals surface area contributed by atoms with Gasteiger partial charge in [-0.05, 0) is 48.0 Å². The molecule has 0 bridgehead atoms. The van der Waals surface area contributed by atoms with Gasteiger partial charge in [0.1, 0.15) is 17.0 Å². The summed E-state index contributed by atoms with van der Waals surface area (Å²) in [6, 6.07) is 68.3. The van der Waals surface area contributed by atoms with Crippen LogP contribution in [0, 0.1) is 0 Å². The van der Waals surface area contributed by atoms with Crippen molar-refractivity contribution in [2.75, 3.05) is 0 Å². The van der Waals surface area contributed by atoms with E-state index in [1.54, 1.807) is 0 Å². The van der Waals surface area contributed by atoms with Gasteiger partial charge in [-0.25, -0.2) is 9.97 Å². The summed E-state index contributed by atoms with van der Waals surface area (Å²) in [7, 11) is 0. The Hall–Kier alpha value is -7.76. The van der Waals surface area contributed by atoms with Gasteiger partial charge in [-0.3, -0.25) is 4.57 Å². The highest BCUT2D eigenvalue weighted by Gasteiger charge is 2.24. The number of fused-ring (bicyclic) bond motifs is 10. The van der Waals surface area contributed by atoms with Gasteiger partial charge in [0.2, 0.25) is 0 Å².